The molecule has 1 atom stereocenters. The van der Waals surface area contributed by atoms with Gasteiger partial charge in [0.15, 0.2) is 0 Å². The van der Waals surface area contributed by atoms with Crippen LogP contribution in [0.5, 0.6) is 0 Å². The van der Waals surface area contributed by atoms with E-state index in [4.69, 9.17) is 0 Å². The van der Waals surface area contributed by atoms with Crippen molar-refractivity contribution in [1.29, 1.82) is 0 Å². The van der Waals surface area contributed by atoms with Gasteiger partial charge in [-0.3, -0.25) is 0 Å². The minimum atomic E-state index is -0.719. The molecule has 0 radical (unpaired) electrons. The summed E-state index contributed by atoms with van der Waals surface area (Å²) in [6, 6.07) is 3.05. The molecule has 1 aromatic heterocycles. The maximum atomic E-state index is 12.8. The lowest BCUT2D eigenvalue weighted by Crippen LogP contribution is -2.53. The van der Waals surface area contributed by atoms with Crippen molar-refractivity contribution in [1.82, 2.24) is 10.3 Å². The second kappa shape index (κ2) is 4.98. The zero-order chi connectivity index (χ0) is 12.3. The predicted molar refractivity (Wildman–Crippen MR) is 64.5 cm³/mol. The second-order valence-electron chi connectivity index (χ2n) is 4.61. The zero-order valence-corrected chi connectivity index (χ0v) is 9.99. The molecule has 1 aromatic rings. The van der Waals surface area contributed by atoms with Crippen LogP contribution < -0.4 is 10.2 Å². The number of pyridine rings is 1. The molecule has 4 nitrogen and oxygen atoms in total. The Morgan fingerprint density at radius 2 is 2.41 bits per heavy atom. The van der Waals surface area contributed by atoms with E-state index in [1.807, 2.05) is 11.9 Å². The van der Waals surface area contributed by atoms with Gasteiger partial charge in [-0.2, -0.15) is 0 Å². The second-order valence-corrected chi connectivity index (χ2v) is 4.61. The van der Waals surface area contributed by atoms with Crippen LogP contribution in [0.3, 0.4) is 0 Å². The SMILES string of the molecule is CNC[C@]1(O)CCCN(c2ccc(F)cn2)C1. The highest BCUT2D eigenvalue weighted by Gasteiger charge is 2.32. The molecule has 5 heteroatoms. The number of nitrogens with zero attached hydrogens (tertiary/aromatic N) is 2. The summed E-state index contributed by atoms with van der Waals surface area (Å²) >= 11 is 0. The quantitative estimate of drug-likeness (QED) is 0.818. The average molecular weight is 239 g/mol. The third kappa shape index (κ3) is 2.92. The number of hydrogen-bond donors (Lipinski definition) is 2. The molecule has 94 valence electrons. The highest BCUT2D eigenvalue weighted by Crippen LogP contribution is 2.24. The van der Waals surface area contributed by atoms with Crippen LogP contribution in [0.2, 0.25) is 0 Å². The number of anilines is 1. The van der Waals surface area contributed by atoms with Gasteiger partial charge in [0.25, 0.3) is 0 Å². The molecule has 0 aromatic carbocycles. The molecule has 2 heterocycles. The fourth-order valence-corrected chi connectivity index (χ4v) is 2.34. The van der Waals surface area contributed by atoms with Crippen molar-refractivity contribution in [3.63, 3.8) is 0 Å². The Hall–Kier alpha value is -1.20. The topological polar surface area (TPSA) is 48.4 Å². The van der Waals surface area contributed by atoms with Gasteiger partial charge in [-0.25, -0.2) is 9.37 Å². The lowest BCUT2D eigenvalue weighted by atomic mass is 9.93. The fraction of sp³-hybridized carbons (Fsp3) is 0.583. The number of halogens is 1. The zero-order valence-electron chi connectivity index (χ0n) is 9.99. The minimum absolute atomic E-state index is 0.337. The van der Waals surface area contributed by atoms with E-state index in [0.717, 1.165) is 25.2 Å². The van der Waals surface area contributed by atoms with E-state index in [2.05, 4.69) is 10.3 Å². The number of piperidine rings is 1. The van der Waals surface area contributed by atoms with Crippen LogP contribution in [0.4, 0.5) is 10.2 Å². The van der Waals surface area contributed by atoms with Gasteiger partial charge in [0.05, 0.1) is 11.8 Å². The predicted octanol–water partition coefficient (Wildman–Crippen LogP) is 0.771. The first-order chi connectivity index (χ1) is 8.13. The number of aromatic nitrogens is 1. The molecule has 0 unspecified atom stereocenters. The van der Waals surface area contributed by atoms with Crippen LogP contribution in [-0.4, -0.2) is 42.4 Å². The lowest BCUT2D eigenvalue weighted by molar-refractivity contribution is 0.0279. The molecule has 17 heavy (non-hydrogen) atoms. The monoisotopic (exact) mass is 239 g/mol. The summed E-state index contributed by atoms with van der Waals surface area (Å²) < 4.78 is 12.8. The fourth-order valence-electron chi connectivity index (χ4n) is 2.34. The van der Waals surface area contributed by atoms with E-state index in [-0.39, 0.29) is 5.82 Å². The average Bonchev–Trinajstić information content (AvgIpc) is 2.30. The maximum Gasteiger partial charge on any atom is 0.141 e. The van der Waals surface area contributed by atoms with Crippen molar-refractivity contribution in [3.05, 3.63) is 24.1 Å². The first kappa shape index (κ1) is 12.3. The molecule has 1 fully saturated rings. The molecule has 1 saturated heterocycles. The minimum Gasteiger partial charge on any atom is -0.387 e. The Labute approximate surface area is 100 Å². The Balaban J connectivity index is 2.09. The van der Waals surface area contributed by atoms with Gasteiger partial charge in [0.2, 0.25) is 0 Å². The number of hydrogen-bond acceptors (Lipinski definition) is 4. The van der Waals surface area contributed by atoms with E-state index in [9.17, 15) is 9.50 Å². The summed E-state index contributed by atoms with van der Waals surface area (Å²) in [5.41, 5.74) is -0.719. The summed E-state index contributed by atoms with van der Waals surface area (Å²) in [5, 5.41) is 13.4. The van der Waals surface area contributed by atoms with Crippen molar-refractivity contribution in [2.24, 2.45) is 0 Å². The highest BCUT2D eigenvalue weighted by molar-refractivity contribution is 5.39. The lowest BCUT2D eigenvalue weighted by Gasteiger charge is -2.39. The Bertz CT molecular complexity index is 367. The van der Waals surface area contributed by atoms with Gasteiger partial charge >= 0.3 is 0 Å². The number of β-amino-alcohol motifs (C(OH)–C–C–N with tert-alkyl or cyclic N) is 1. The molecule has 0 aliphatic carbocycles. The van der Waals surface area contributed by atoms with Crippen molar-refractivity contribution >= 4 is 5.82 Å². The molecule has 0 bridgehead atoms. The van der Waals surface area contributed by atoms with Crippen LogP contribution >= 0.6 is 0 Å². The van der Waals surface area contributed by atoms with Gasteiger partial charge in [-0.05, 0) is 32.0 Å². The molecule has 0 amide bonds. The standard InChI is InChI=1S/C12H18FN3O/c1-14-8-12(17)5-2-6-16(9-12)11-4-3-10(13)7-15-11/h3-4,7,14,17H,2,5-6,8-9H2,1H3/t12-/m1/s1. The number of likely N-dealkylation sites (N-methyl/N-ethyl adjacent to an activating group) is 1. The molecule has 0 saturated carbocycles. The molecule has 2 N–H and O–H groups in total. The number of rotatable bonds is 3. The van der Waals surface area contributed by atoms with E-state index in [1.165, 1.54) is 12.3 Å². The van der Waals surface area contributed by atoms with Crippen molar-refractivity contribution in [2.45, 2.75) is 18.4 Å². The van der Waals surface area contributed by atoms with Gasteiger partial charge in [0.1, 0.15) is 11.6 Å². The Morgan fingerprint density at radius 3 is 3.06 bits per heavy atom. The van der Waals surface area contributed by atoms with Gasteiger partial charge in [-0.1, -0.05) is 0 Å². The van der Waals surface area contributed by atoms with Crippen LogP contribution in [0.15, 0.2) is 18.3 Å². The summed E-state index contributed by atoms with van der Waals surface area (Å²) in [7, 11) is 1.83. The molecule has 1 aliphatic heterocycles. The summed E-state index contributed by atoms with van der Waals surface area (Å²) in [6.07, 6.45) is 2.91. The summed E-state index contributed by atoms with van der Waals surface area (Å²) in [4.78, 5) is 6.05. The van der Waals surface area contributed by atoms with E-state index < -0.39 is 5.60 Å². The van der Waals surface area contributed by atoms with Crippen LogP contribution in [0.1, 0.15) is 12.8 Å². The van der Waals surface area contributed by atoms with Crippen molar-refractivity contribution < 1.29 is 9.50 Å². The van der Waals surface area contributed by atoms with E-state index in [1.54, 1.807) is 6.07 Å². The first-order valence-corrected chi connectivity index (χ1v) is 5.86. The summed E-state index contributed by atoms with van der Waals surface area (Å²) in [5.74, 6) is 0.386. The highest BCUT2D eigenvalue weighted by atomic mass is 19.1. The number of nitrogens with one attached hydrogen (secondary N) is 1. The normalized spacial score (nSPS) is 25.0. The van der Waals surface area contributed by atoms with Crippen LogP contribution in [0, 0.1) is 5.82 Å². The third-order valence-corrected chi connectivity index (χ3v) is 3.10. The molecular formula is C12H18FN3O. The largest absolute Gasteiger partial charge is 0.387 e. The number of aliphatic hydroxyl groups is 1. The van der Waals surface area contributed by atoms with Crippen molar-refractivity contribution in [2.75, 3.05) is 31.6 Å². The van der Waals surface area contributed by atoms with Crippen molar-refractivity contribution in [3.8, 4) is 0 Å². The summed E-state index contributed by atoms with van der Waals surface area (Å²) in [6.45, 7) is 1.95. The van der Waals surface area contributed by atoms with Gasteiger partial charge in [0, 0.05) is 19.6 Å². The Morgan fingerprint density at radius 1 is 1.59 bits per heavy atom. The van der Waals surface area contributed by atoms with Crippen LogP contribution in [0.25, 0.3) is 0 Å². The van der Waals surface area contributed by atoms with E-state index >= 15 is 0 Å². The molecule has 0 spiro atoms. The van der Waals surface area contributed by atoms with Crippen LogP contribution in [-0.2, 0) is 0 Å². The third-order valence-electron chi connectivity index (χ3n) is 3.10. The maximum absolute atomic E-state index is 12.8. The molecule has 2 rings (SSSR count). The van der Waals surface area contributed by atoms with Gasteiger partial charge < -0.3 is 15.3 Å². The smallest absolute Gasteiger partial charge is 0.141 e. The Kier molecular flexibility index (Phi) is 3.59. The van der Waals surface area contributed by atoms with E-state index in [0.29, 0.717) is 13.1 Å². The first-order valence-electron chi connectivity index (χ1n) is 5.86. The van der Waals surface area contributed by atoms with Gasteiger partial charge in [-0.15, -0.1) is 0 Å². The molecule has 1 aliphatic rings. The molecular weight excluding hydrogens is 221 g/mol.